The van der Waals surface area contributed by atoms with Crippen molar-refractivity contribution in [3.05, 3.63) is 28.8 Å². The van der Waals surface area contributed by atoms with E-state index in [0.717, 1.165) is 31.8 Å². The van der Waals surface area contributed by atoms with Crippen LogP contribution in [0.2, 0.25) is 0 Å². The fraction of sp³-hybridized carbons (Fsp3) is 0.647. The largest absolute Gasteiger partial charge is 0.496 e. The second-order valence-corrected chi connectivity index (χ2v) is 5.77. The Kier molecular flexibility index (Phi) is 5.44. The first-order valence-electron chi connectivity index (χ1n) is 7.77. The number of methoxy groups -OCH3 is 1. The Balaban J connectivity index is 2.34. The lowest BCUT2D eigenvalue weighted by atomic mass is 9.96. The number of hydrogen-bond donors (Lipinski definition) is 1. The van der Waals surface area contributed by atoms with Crippen LogP contribution in [0.25, 0.3) is 0 Å². The summed E-state index contributed by atoms with van der Waals surface area (Å²) in [6.07, 6.45) is 2.35. The third kappa shape index (κ3) is 3.33. The smallest absolute Gasteiger partial charge is 0.126 e. The van der Waals surface area contributed by atoms with Crippen molar-refractivity contribution < 1.29 is 4.74 Å². The van der Waals surface area contributed by atoms with E-state index in [2.05, 4.69) is 43.1 Å². The average molecular weight is 276 g/mol. The second-order valence-electron chi connectivity index (χ2n) is 5.77. The molecule has 1 aromatic rings. The Hall–Kier alpha value is -1.06. The van der Waals surface area contributed by atoms with Crippen molar-refractivity contribution in [2.45, 2.75) is 39.7 Å². The molecule has 1 atom stereocenters. The third-order valence-corrected chi connectivity index (χ3v) is 4.21. The first-order valence-corrected chi connectivity index (χ1v) is 7.77. The van der Waals surface area contributed by atoms with Crippen molar-refractivity contribution in [2.75, 3.05) is 33.3 Å². The molecule has 0 saturated carbocycles. The van der Waals surface area contributed by atoms with Gasteiger partial charge in [0.1, 0.15) is 5.75 Å². The first kappa shape index (κ1) is 15.3. The molecule has 3 nitrogen and oxygen atoms in total. The normalized spacial score (nSPS) is 18.6. The van der Waals surface area contributed by atoms with Crippen LogP contribution in [0.15, 0.2) is 12.1 Å². The minimum absolute atomic E-state index is 0.462. The van der Waals surface area contributed by atoms with Gasteiger partial charge in [-0.3, -0.25) is 4.90 Å². The van der Waals surface area contributed by atoms with Gasteiger partial charge in [-0.25, -0.2) is 0 Å². The molecule has 0 spiro atoms. The van der Waals surface area contributed by atoms with Crippen LogP contribution < -0.4 is 10.1 Å². The zero-order valence-electron chi connectivity index (χ0n) is 13.3. The molecule has 1 aliphatic heterocycles. The van der Waals surface area contributed by atoms with E-state index in [9.17, 15) is 0 Å². The third-order valence-electron chi connectivity index (χ3n) is 4.21. The monoisotopic (exact) mass is 276 g/mol. The predicted octanol–water partition coefficient (Wildman–Crippen LogP) is 3.06. The van der Waals surface area contributed by atoms with Crippen LogP contribution in [0.5, 0.6) is 5.75 Å². The van der Waals surface area contributed by atoms with E-state index in [4.69, 9.17) is 4.74 Å². The Morgan fingerprint density at radius 2 is 2.05 bits per heavy atom. The Bertz CT molecular complexity index is 437. The number of aryl methyl sites for hydroxylation is 2. The van der Waals surface area contributed by atoms with E-state index < -0.39 is 0 Å². The van der Waals surface area contributed by atoms with Crippen molar-refractivity contribution in [3.8, 4) is 5.75 Å². The summed E-state index contributed by atoms with van der Waals surface area (Å²) in [7, 11) is 1.79. The Morgan fingerprint density at radius 1 is 1.25 bits per heavy atom. The average Bonchev–Trinajstić information content (AvgIpc) is 2.68. The highest BCUT2D eigenvalue weighted by Gasteiger charge is 2.23. The highest BCUT2D eigenvalue weighted by molar-refractivity contribution is 5.45. The molecule has 0 bridgehead atoms. The van der Waals surface area contributed by atoms with Crippen LogP contribution in [-0.2, 0) is 0 Å². The Morgan fingerprint density at radius 3 is 2.75 bits per heavy atom. The van der Waals surface area contributed by atoms with Crippen LogP contribution in [-0.4, -0.2) is 38.2 Å². The summed E-state index contributed by atoms with van der Waals surface area (Å²) in [6, 6.07) is 4.97. The van der Waals surface area contributed by atoms with E-state index in [1.54, 1.807) is 7.11 Å². The summed E-state index contributed by atoms with van der Waals surface area (Å²) in [5.74, 6) is 1.07. The van der Waals surface area contributed by atoms with Gasteiger partial charge in [0.15, 0.2) is 0 Å². The van der Waals surface area contributed by atoms with E-state index in [1.807, 2.05) is 0 Å². The van der Waals surface area contributed by atoms with Crippen LogP contribution >= 0.6 is 0 Å². The van der Waals surface area contributed by atoms with E-state index in [1.165, 1.54) is 29.7 Å². The van der Waals surface area contributed by atoms with Gasteiger partial charge in [-0.2, -0.15) is 0 Å². The zero-order chi connectivity index (χ0) is 14.5. The molecule has 1 saturated heterocycles. The SMILES string of the molecule is CCC(c1cc(C)cc(C)c1OC)N1CCCNCC1. The van der Waals surface area contributed by atoms with Gasteiger partial charge in [-0.05, 0) is 38.8 Å². The van der Waals surface area contributed by atoms with Crippen LogP contribution in [0, 0.1) is 13.8 Å². The van der Waals surface area contributed by atoms with Gasteiger partial charge in [0.2, 0.25) is 0 Å². The molecular formula is C17H28N2O. The first-order chi connectivity index (χ1) is 9.67. The molecule has 112 valence electrons. The quantitative estimate of drug-likeness (QED) is 0.914. The summed E-state index contributed by atoms with van der Waals surface area (Å²) in [5, 5.41) is 3.49. The maximum absolute atomic E-state index is 5.69. The van der Waals surface area contributed by atoms with Gasteiger partial charge in [-0.15, -0.1) is 0 Å². The maximum atomic E-state index is 5.69. The molecule has 2 rings (SSSR count). The van der Waals surface area contributed by atoms with Gasteiger partial charge in [0, 0.05) is 31.2 Å². The number of hydrogen-bond acceptors (Lipinski definition) is 3. The summed E-state index contributed by atoms with van der Waals surface area (Å²) in [6.45, 7) is 11.1. The minimum Gasteiger partial charge on any atom is -0.496 e. The van der Waals surface area contributed by atoms with Gasteiger partial charge >= 0.3 is 0 Å². The fourth-order valence-electron chi connectivity index (χ4n) is 3.37. The van der Waals surface area contributed by atoms with Crippen LogP contribution in [0.1, 0.15) is 42.5 Å². The predicted molar refractivity (Wildman–Crippen MR) is 84.6 cm³/mol. The number of nitrogens with one attached hydrogen (secondary N) is 1. The standard InChI is InChI=1S/C17H28N2O/c1-5-16(19-9-6-7-18-8-10-19)15-12-13(2)11-14(3)17(15)20-4/h11-12,16,18H,5-10H2,1-4H3. The van der Waals surface area contributed by atoms with E-state index in [0.29, 0.717) is 6.04 Å². The molecular weight excluding hydrogens is 248 g/mol. The lowest BCUT2D eigenvalue weighted by Crippen LogP contribution is -2.32. The number of ether oxygens (including phenoxy) is 1. The Labute approximate surface area is 123 Å². The van der Waals surface area contributed by atoms with E-state index >= 15 is 0 Å². The molecule has 1 heterocycles. The number of benzene rings is 1. The van der Waals surface area contributed by atoms with Gasteiger partial charge < -0.3 is 10.1 Å². The summed E-state index contributed by atoms with van der Waals surface area (Å²) in [4.78, 5) is 2.61. The molecule has 1 fully saturated rings. The highest BCUT2D eigenvalue weighted by atomic mass is 16.5. The summed E-state index contributed by atoms with van der Waals surface area (Å²) < 4.78 is 5.69. The molecule has 1 aromatic carbocycles. The molecule has 1 N–H and O–H groups in total. The molecule has 0 aromatic heterocycles. The van der Waals surface area contributed by atoms with Gasteiger partial charge in [-0.1, -0.05) is 24.6 Å². The molecule has 1 aliphatic rings. The molecule has 20 heavy (non-hydrogen) atoms. The highest BCUT2D eigenvalue weighted by Crippen LogP contribution is 2.35. The molecule has 0 radical (unpaired) electrons. The molecule has 0 amide bonds. The zero-order valence-corrected chi connectivity index (χ0v) is 13.3. The summed E-state index contributed by atoms with van der Waals surface area (Å²) >= 11 is 0. The molecule has 3 heteroatoms. The number of rotatable bonds is 4. The van der Waals surface area contributed by atoms with Crippen LogP contribution in [0.4, 0.5) is 0 Å². The van der Waals surface area contributed by atoms with Crippen molar-refractivity contribution in [3.63, 3.8) is 0 Å². The minimum atomic E-state index is 0.462. The fourth-order valence-corrected chi connectivity index (χ4v) is 3.37. The summed E-state index contributed by atoms with van der Waals surface area (Å²) in [5.41, 5.74) is 3.92. The molecule has 1 unspecified atom stereocenters. The molecule has 0 aliphatic carbocycles. The van der Waals surface area contributed by atoms with Crippen molar-refractivity contribution in [2.24, 2.45) is 0 Å². The van der Waals surface area contributed by atoms with Gasteiger partial charge in [0.05, 0.1) is 7.11 Å². The lowest BCUT2D eigenvalue weighted by molar-refractivity contribution is 0.201. The van der Waals surface area contributed by atoms with Crippen molar-refractivity contribution >= 4 is 0 Å². The maximum Gasteiger partial charge on any atom is 0.126 e. The topological polar surface area (TPSA) is 24.5 Å². The van der Waals surface area contributed by atoms with E-state index in [-0.39, 0.29) is 0 Å². The second kappa shape index (κ2) is 7.09. The number of nitrogens with zero attached hydrogens (tertiary/aromatic N) is 1. The lowest BCUT2D eigenvalue weighted by Gasteiger charge is -2.31. The van der Waals surface area contributed by atoms with Crippen molar-refractivity contribution in [1.82, 2.24) is 10.2 Å². The van der Waals surface area contributed by atoms with Crippen LogP contribution in [0.3, 0.4) is 0 Å². The van der Waals surface area contributed by atoms with Gasteiger partial charge in [0.25, 0.3) is 0 Å². The van der Waals surface area contributed by atoms with Crippen molar-refractivity contribution in [1.29, 1.82) is 0 Å².